The molecule has 24 heavy (non-hydrogen) atoms. The topological polar surface area (TPSA) is 62.2 Å². The number of halogens is 2. The molecule has 128 valence electrons. The van der Waals surface area contributed by atoms with Gasteiger partial charge in [0.25, 0.3) is 5.91 Å². The number of rotatable bonds is 5. The molecule has 0 spiro atoms. The van der Waals surface area contributed by atoms with E-state index in [1.54, 1.807) is 29.1 Å². The van der Waals surface area contributed by atoms with Crippen molar-refractivity contribution in [3.05, 3.63) is 46.2 Å². The first-order valence-corrected chi connectivity index (χ1v) is 8.60. The molecule has 2 heterocycles. The third-order valence-electron chi connectivity index (χ3n) is 3.92. The summed E-state index contributed by atoms with van der Waals surface area (Å²) >= 11 is 12.1. The second kappa shape index (κ2) is 7.98. The second-order valence-corrected chi connectivity index (χ2v) is 6.46. The molecular weight excluding hydrogens is 349 g/mol. The Morgan fingerprint density at radius 2 is 2.08 bits per heavy atom. The van der Waals surface area contributed by atoms with Crippen LogP contribution in [-0.4, -0.2) is 59.9 Å². The van der Waals surface area contributed by atoms with Gasteiger partial charge >= 0.3 is 0 Å². The van der Waals surface area contributed by atoms with Crippen LogP contribution >= 0.6 is 23.2 Å². The summed E-state index contributed by atoms with van der Waals surface area (Å²) < 4.78 is 1.57. The average molecular weight is 368 g/mol. The number of amides is 1. The van der Waals surface area contributed by atoms with E-state index in [0.717, 1.165) is 32.7 Å². The SMILES string of the molecule is O=C(NCCN1CCNCC1)c1cnn(-c2ccc(Cl)cc2Cl)c1. The molecule has 3 rings (SSSR count). The number of piperazine rings is 1. The van der Waals surface area contributed by atoms with E-state index in [9.17, 15) is 4.79 Å². The van der Waals surface area contributed by atoms with Crippen molar-refractivity contribution in [1.29, 1.82) is 0 Å². The summed E-state index contributed by atoms with van der Waals surface area (Å²) in [6.07, 6.45) is 3.19. The van der Waals surface area contributed by atoms with Gasteiger partial charge in [0.1, 0.15) is 0 Å². The van der Waals surface area contributed by atoms with Crippen molar-refractivity contribution in [1.82, 2.24) is 25.3 Å². The Labute approximate surface area is 150 Å². The first kappa shape index (κ1) is 17.2. The van der Waals surface area contributed by atoms with Crippen molar-refractivity contribution in [2.75, 3.05) is 39.3 Å². The van der Waals surface area contributed by atoms with Gasteiger partial charge in [-0.25, -0.2) is 4.68 Å². The lowest BCUT2D eigenvalue weighted by atomic mass is 10.3. The molecule has 0 saturated carbocycles. The molecule has 0 atom stereocenters. The fourth-order valence-corrected chi connectivity index (χ4v) is 3.10. The molecule has 1 amide bonds. The lowest BCUT2D eigenvalue weighted by molar-refractivity contribution is 0.0947. The fraction of sp³-hybridized carbons (Fsp3) is 0.375. The highest BCUT2D eigenvalue weighted by Gasteiger charge is 2.13. The minimum absolute atomic E-state index is 0.138. The van der Waals surface area contributed by atoms with Crippen LogP contribution in [0.15, 0.2) is 30.6 Å². The number of benzene rings is 1. The Bertz CT molecular complexity index is 712. The third-order valence-corrected chi connectivity index (χ3v) is 4.46. The number of carbonyl (C=O) groups is 1. The number of nitrogens with one attached hydrogen (secondary N) is 2. The quantitative estimate of drug-likeness (QED) is 0.845. The van der Waals surface area contributed by atoms with Crippen molar-refractivity contribution in [3.63, 3.8) is 0 Å². The Hall–Kier alpha value is -1.60. The number of aromatic nitrogens is 2. The minimum atomic E-state index is -0.138. The molecule has 6 nitrogen and oxygen atoms in total. The van der Waals surface area contributed by atoms with Gasteiger partial charge in [-0.05, 0) is 18.2 Å². The van der Waals surface area contributed by atoms with E-state index >= 15 is 0 Å². The maximum atomic E-state index is 12.2. The van der Waals surface area contributed by atoms with Gasteiger partial charge < -0.3 is 10.6 Å². The summed E-state index contributed by atoms with van der Waals surface area (Å²) in [6.45, 7) is 5.51. The summed E-state index contributed by atoms with van der Waals surface area (Å²) in [4.78, 5) is 14.5. The predicted octanol–water partition coefficient (Wildman–Crippen LogP) is 1.81. The highest BCUT2D eigenvalue weighted by molar-refractivity contribution is 6.35. The summed E-state index contributed by atoms with van der Waals surface area (Å²) in [5.41, 5.74) is 1.18. The standard InChI is InChI=1S/C16H19Cl2N5O/c17-13-1-2-15(14(18)9-13)23-11-12(10-21-23)16(24)20-5-8-22-6-3-19-4-7-22/h1-2,9-11,19H,3-8H2,(H,20,24). The molecule has 0 unspecified atom stereocenters. The van der Waals surface area contributed by atoms with Crippen molar-refractivity contribution in [2.45, 2.75) is 0 Å². The maximum absolute atomic E-state index is 12.2. The van der Waals surface area contributed by atoms with Gasteiger partial charge in [-0.1, -0.05) is 23.2 Å². The Morgan fingerprint density at radius 1 is 1.29 bits per heavy atom. The molecule has 0 aliphatic carbocycles. The monoisotopic (exact) mass is 367 g/mol. The van der Waals surface area contributed by atoms with Crippen LogP contribution < -0.4 is 10.6 Å². The van der Waals surface area contributed by atoms with Gasteiger partial charge in [-0.3, -0.25) is 9.69 Å². The van der Waals surface area contributed by atoms with E-state index in [4.69, 9.17) is 23.2 Å². The molecule has 0 bridgehead atoms. The largest absolute Gasteiger partial charge is 0.351 e. The molecule has 1 fully saturated rings. The van der Waals surface area contributed by atoms with Gasteiger partial charge in [0, 0.05) is 50.5 Å². The maximum Gasteiger partial charge on any atom is 0.254 e. The van der Waals surface area contributed by atoms with Gasteiger partial charge in [-0.15, -0.1) is 0 Å². The Morgan fingerprint density at radius 3 is 2.83 bits per heavy atom. The van der Waals surface area contributed by atoms with E-state index in [-0.39, 0.29) is 5.91 Å². The van der Waals surface area contributed by atoms with Crippen molar-refractivity contribution >= 4 is 29.1 Å². The molecule has 1 saturated heterocycles. The first-order valence-electron chi connectivity index (χ1n) is 7.85. The van der Waals surface area contributed by atoms with E-state index < -0.39 is 0 Å². The van der Waals surface area contributed by atoms with Crippen molar-refractivity contribution in [2.24, 2.45) is 0 Å². The highest BCUT2D eigenvalue weighted by Crippen LogP contribution is 2.24. The van der Waals surface area contributed by atoms with Crippen LogP contribution in [0, 0.1) is 0 Å². The van der Waals surface area contributed by atoms with E-state index in [2.05, 4.69) is 20.6 Å². The Balaban J connectivity index is 1.57. The lowest BCUT2D eigenvalue weighted by Gasteiger charge is -2.26. The average Bonchev–Trinajstić information content (AvgIpc) is 3.05. The van der Waals surface area contributed by atoms with Crippen molar-refractivity contribution < 1.29 is 4.79 Å². The number of hydrogen-bond acceptors (Lipinski definition) is 4. The summed E-state index contributed by atoms with van der Waals surface area (Å²) in [6, 6.07) is 5.15. The lowest BCUT2D eigenvalue weighted by Crippen LogP contribution is -2.46. The van der Waals surface area contributed by atoms with E-state index in [1.807, 2.05) is 0 Å². The molecule has 0 radical (unpaired) electrons. The van der Waals surface area contributed by atoms with Crippen LogP contribution in [0.4, 0.5) is 0 Å². The van der Waals surface area contributed by atoms with Crippen LogP contribution in [0.2, 0.25) is 10.0 Å². The molecule has 1 aliphatic heterocycles. The van der Waals surface area contributed by atoms with Gasteiger partial charge in [-0.2, -0.15) is 5.10 Å². The molecule has 1 aromatic carbocycles. The molecule has 1 aliphatic rings. The second-order valence-electron chi connectivity index (χ2n) is 5.62. The smallest absolute Gasteiger partial charge is 0.254 e. The zero-order valence-electron chi connectivity index (χ0n) is 13.1. The molecular formula is C16H19Cl2N5O. The molecule has 2 aromatic rings. The summed E-state index contributed by atoms with van der Waals surface area (Å²) in [5.74, 6) is -0.138. The van der Waals surface area contributed by atoms with Gasteiger partial charge in [0.2, 0.25) is 0 Å². The number of hydrogen-bond donors (Lipinski definition) is 2. The van der Waals surface area contributed by atoms with Gasteiger partial charge in [0.05, 0.1) is 22.5 Å². The first-order chi connectivity index (χ1) is 11.6. The van der Waals surface area contributed by atoms with Crippen LogP contribution in [0.1, 0.15) is 10.4 Å². The molecule has 2 N–H and O–H groups in total. The minimum Gasteiger partial charge on any atom is -0.351 e. The van der Waals surface area contributed by atoms with Crippen LogP contribution in [0.5, 0.6) is 0 Å². The zero-order valence-corrected chi connectivity index (χ0v) is 14.6. The molecule has 1 aromatic heterocycles. The fourth-order valence-electron chi connectivity index (χ4n) is 2.60. The Kier molecular flexibility index (Phi) is 5.73. The summed E-state index contributed by atoms with van der Waals surface area (Å²) in [5, 5.41) is 11.5. The van der Waals surface area contributed by atoms with Crippen LogP contribution in [-0.2, 0) is 0 Å². The van der Waals surface area contributed by atoms with Crippen LogP contribution in [0.3, 0.4) is 0 Å². The van der Waals surface area contributed by atoms with Crippen LogP contribution in [0.25, 0.3) is 5.69 Å². The number of nitrogens with zero attached hydrogens (tertiary/aromatic N) is 3. The highest BCUT2D eigenvalue weighted by atomic mass is 35.5. The normalized spacial score (nSPS) is 15.4. The van der Waals surface area contributed by atoms with Crippen molar-refractivity contribution in [3.8, 4) is 5.69 Å². The van der Waals surface area contributed by atoms with E-state index in [1.165, 1.54) is 6.20 Å². The van der Waals surface area contributed by atoms with Gasteiger partial charge in [0.15, 0.2) is 0 Å². The third kappa shape index (κ3) is 4.27. The summed E-state index contributed by atoms with van der Waals surface area (Å²) in [7, 11) is 0. The predicted molar refractivity (Wildman–Crippen MR) is 95.2 cm³/mol. The zero-order chi connectivity index (χ0) is 16.9. The number of carbonyl (C=O) groups excluding carboxylic acids is 1. The molecule has 8 heteroatoms. The van der Waals surface area contributed by atoms with E-state index in [0.29, 0.717) is 27.8 Å².